The van der Waals surface area contributed by atoms with Crippen LogP contribution >= 0.6 is 15.9 Å². The molecular weight excluding hydrogens is 261 g/mol. The second-order valence-electron chi connectivity index (χ2n) is 4.29. The van der Waals surface area contributed by atoms with Crippen molar-refractivity contribution in [3.63, 3.8) is 0 Å². The molecule has 0 aromatic heterocycles. The van der Waals surface area contributed by atoms with E-state index in [4.69, 9.17) is 5.73 Å². The van der Waals surface area contributed by atoms with Gasteiger partial charge in [-0.15, -0.1) is 0 Å². The molecule has 1 aromatic carbocycles. The summed E-state index contributed by atoms with van der Waals surface area (Å²) in [6.07, 6.45) is 0. The van der Waals surface area contributed by atoms with Gasteiger partial charge in [0.05, 0.1) is 0 Å². The highest BCUT2D eigenvalue weighted by Gasteiger charge is 2.28. The first-order chi connectivity index (χ1) is 6.88. The number of halogens is 2. The number of hydrogen-bond acceptors (Lipinski definition) is 2. The molecule has 1 atom stereocenters. The van der Waals surface area contributed by atoms with Gasteiger partial charge in [0.25, 0.3) is 0 Å². The largest absolute Gasteiger partial charge is 0.396 e. The fourth-order valence-electron chi connectivity index (χ4n) is 1.27. The molecule has 1 rings (SSSR count). The molecule has 0 heterocycles. The van der Waals surface area contributed by atoms with Crippen molar-refractivity contribution in [2.24, 2.45) is 11.1 Å². The van der Waals surface area contributed by atoms with Gasteiger partial charge in [-0.05, 0) is 23.8 Å². The summed E-state index contributed by atoms with van der Waals surface area (Å²) in [6.45, 7) is 3.64. The summed E-state index contributed by atoms with van der Waals surface area (Å²) >= 11 is 3.32. The number of hydrogen-bond donors (Lipinski definition) is 2. The summed E-state index contributed by atoms with van der Waals surface area (Å²) in [6, 6.07) is 3.98. The normalized spacial score (nSPS) is 14.0. The lowest BCUT2D eigenvalue weighted by Gasteiger charge is -2.30. The third-order valence-electron chi connectivity index (χ3n) is 2.54. The van der Waals surface area contributed by atoms with Crippen molar-refractivity contribution in [1.82, 2.24) is 0 Å². The van der Waals surface area contributed by atoms with E-state index in [1.165, 1.54) is 12.1 Å². The third-order valence-corrected chi connectivity index (χ3v) is 3.26. The summed E-state index contributed by atoms with van der Waals surface area (Å²) in [5.41, 5.74) is 6.20. The fraction of sp³-hybridized carbons (Fsp3) is 0.455. The zero-order chi connectivity index (χ0) is 11.6. The maximum Gasteiger partial charge on any atom is 0.123 e. The Hall–Kier alpha value is -0.450. The maximum absolute atomic E-state index is 13.1. The highest BCUT2D eigenvalue weighted by Crippen LogP contribution is 2.34. The highest BCUT2D eigenvalue weighted by molar-refractivity contribution is 9.10. The van der Waals surface area contributed by atoms with Gasteiger partial charge in [-0.3, -0.25) is 0 Å². The fourth-order valence-corrected chi connectivity index (χ4v) is 1.77. The molecule has 4 heteroatoms. The molecule has 0 aliphatic heterocycles. The Kier molecular flexibility index (Phi) is 3.87. The first-order valence-corrected chi connectivity index (χ1v) is 5.49. The van der Waals surface area contributed by atoms with Gasteiger partial charge < -0.3 is 10.8 Å². The maximum atomic E-state index is 13.1. The van der Waals surface area contributed by atoms with E-state index in [9.17, 15) is 9.50 Å². The molecule has 0 aliphatic rings. The molecule has 0 bridgehead atoms. The monoisotopic (exact) mass is 275 g/mol. The summed E-state index contributed by atoms with van der Waals surface area (Å²) in [5, 5.41) is 9.20. The van der Waals surface area contributed by atoms with E-state index >= 15 is 0 Å². The summed E-state index contributed by atoms with van der Waals surface area (Å²) in [4.78, 5) is 0. The van der Waals surface area contributed by atoms with Crippen LogP contribution in [0.1, 0.15) is 25.5 Å². The van der Waals surface area contributed by atoms with Crippen molar-refractivity contribution in [3.05, 3.63) is 34.1 Å². The van der Waals surface area contributed by atoms with Crippen molar-refractivity contribution in [2.45, 2.75) is 19.9 Å². The molecule has 0 spiro atoms. The van der Waals surface area contributed by atoms with Crippen molar-refractivity contribution >= 4 is 15.9 Å². The van der Waals surface area contributed by atoms with Crippen LogP contribution in [0.15, 0.2) is 22.7 Å². The molecule has 0 radical (unpaired) electrons. The van der Waals surface area contributed by atoms with Crippen molar-refractivity contribution < 1.29 is 9.50 Å². The molecule has 0 unspecified atom stereocenters. The number of rotatable bonds is 3. The van der Waals surface area contributed by atoms with Crippen molar-refractivity contribution in [1.29, 1.82) is 0 Å². The van der Waals surface area contributed by atoms with Crippen LogP contribution in [0, 0.1) is 11.2 Å². The standard InChI is InChI=1S/C11H15BrFNO/c1-11(2,6-15)10(14)8-5-7(13)3-4-9(8)12/h3-5,10,15H,6,14H2,1-2H3/t10-/m1/s1. The number of aliphatic hydroxyl groups excluding tert-OH is 1. The molecule has 84 valence electrons. The van der Waals surface area contributed by atoms with Gasteiger partial charge in [-0.1, -0.05) is 29.8 Å². The van der Waals surface area contributed by atoms with E-state index in [-0.39, 0.29) is 12.4 Å². The molecule has 0 amide bonds. The van der Waals surface area contributed by atoms with Crippen LogP contribution in [0.2, 0.25) is 0 Å². The minimum Gasteiger partial charge on any atom is -0.396 e. The predicted molar refractivity (Wildman–Crippen MR) is 61.9 cm³/mol. The van der Waals surface area contributed by atoms with E-state index in [2.05, 4.69) is 15.9 Å². The van der Waals surface area contributed by atoms with Gasteiger partial charge in [-0.25, -0.2) is 4.39 Å². The SMILES string of the molecule is CC(C)(CO)[C@H](N)c1cc(F)ccc1Br. The summed E-state index contributed by atoms with van der Waals surface area (Å²) < 4.78 is 13.8. The molecule has 15 heavy (non-hydrogen) atoms. The highest BCUT2D eigenvalue weighted by atomic mass is 79.9. The van der Waals surface area contributed by atoms with Crippen LogP contribution in [0.25, 0.3) is 0 Å². The lowest BCUT2D eigenvalue weighted by Crippen LogP contribution is -2.32. The van der Waals surface area contributed by atoms with Gasteiger partial charge in [0.2, 0.25) is 0 Å². The predicted octanol–water partition coefficient (Wildman–Crippen LogP) is 2.61. The van der Waals surface area contributed by atoms with E-state index in [0.717, 1.165) is 4.47 Å². The number of benzene rings is 1. The average molecular weight is 276 g/mol. The van der Waals surface area contributed by atoms with E-state index in [0.29, 0.717) is 5.56 Å². The van der Waals surface area contributed by atoms with E-state index in [1.54, 1.807) is 6.07 Å². The van der Waals surface area contributed by atoms with E-state index in [1.807, 2.05) is 13.8 Å². The molecule has 0 saturated heterocycles. The Morgan fingerprint density at radius 1 is 1.53 bits per heavy atom. The molecular formula is C11H15BrFNO. The zero-order valence-electron chi connectivity index (χ0n) is 8.80. The molecule has 2 nitrogen and oxygen atoms in total. The Bertz CT molecular complexity index is 354. The Morgan fingerprint density at radius 3 is 2.67 bits per heavy atom. The van der Waals surface area contributed by atoms with Gasteiger partial charge in [0.15, 0.2) is 0 Å². The van der Waals surface area contributed by atoms with Crippen LogP contribution in [0.3, 0.4) is 0 Å². The number of nitrogens with two attached hydrogens (primary N) is 1. The molecule has 1 aromatic rings. The Balaban J connectivity index is 3.10. The van der Waals surface area contributed by atoms with Gasteiger partial charge in [0, 0.05) is 22.5 Å². The minimum absolute atomic E-state index is 0.0445. The van der Waals surface area contributed by atoms with Gasteiger partial charge in [0.1, 0.15) is 5.82 Å². The van der Waals surface area contributed by atoms with Crippen LogP contribution < -0.4 is 5.73 Å². The van der Waals surface area contributed by atoms with Crippen LogP contribution in [0.5, 0.6) is 0 Å². The smallest absolute Gasteiger partial charge is 0.123 e. The minimum atomic E-state index is -0.476. The average Bonchev–Trinajstić information content (AvgIpc) is 2.20. The van der Waals surface area contributed by atoms with Gasteiger partial charge >= 0.3 is 0 Å². The summed E-state index contributed by atoms with van der Waals surface area (Å²) in [5.74, 6) is -0.322. The number of aliphatic hydroxyl groups is 1. The van der Waals surface area contributed by atoms with Crippen molar-refractivity contribution in [3.8, 4) is 0 Å². The Morgan fingerprint density at radius 2 is 2.13 bits per heavy atom. The first kappa shape index (κ1) is 12.6. The van der Waals surface area contributed by atoms with Crippen LogP contribution in [0.4, 0.5) is 4.39 Å². The topological polar surface area (TPSA) is 46.2 Å². The second kappa shape index (κ2) is 4.60. The quantitative estimate of drug-likeness (QED) is 0.891. The molecule has 0 aliphatic carbocycles. The van der Waals surface area contributed by atoms with Gasteiger partial charge in [-0.2, -0.15) is 0 Å². The molecule has 0 saturated carbocycles. The first-order valence-electron chi connectivity index (χ1n) is 4.70. The zero-order valence-corrected chi connectivity index (χ0v) is 10.4. The van der Waals surface area contributed by atoms with Crippen LogP contribution in [-0.2, 0) is 0 Å². The third kappa shape index (κ3) is 2.77. The lowest BCUT2D eigenvalue weighted by molar-refractivity contribution is 0.132. The van der Waals surface area contributed by atoms with Crippen molar-refractivity contribution in [2.75, 3.05) is 6.61 Å². The Labute approximate surface area is 97.4 Å². The van der Waals surface area contributed by atoms with Crippen LogP contribution in [-0.4, -0.2) is 11.7 Å². The lowest BCUT2D eigenvalue weighted by atomic mass is 9.82. The second-order valence-corrected chi connectivity index (χ2v) is 5.14. The molecule has 3 N–H and O–H groups in total. The summed E-state index contributed by atoms with van der Waals surface area (Å²) in [7, 11) is 0. The molecule has 0 fully saturated rings. The van der Waals surface area contributed by atoms with E-state index < -0.39 is 11.5 Å².